The second-order valence-corrected chi connectivity index (χ2v) is 8.54. The summed E-state index contributed by atoms with van der Waals surface area (Å²) in [5.41, 5.74) is 1.27. The Hall–Kier alpha value is -3.70. The zero-order valence-electron chi connectivity index (χ0n) is 20.5. The monoisotopic (exact) mass is 477 g/mol. The molecule has 1 aliphatic rings. The summed E-state index contributed by atoms with van der Waals surface area (Å²) >= 11 is 0. The zero-order valence-corrected chi connectivity index (χ0v) is 20.5. The third kappa shape index (κ3) is 6.25. The lowest BCUT2D eigenvalue weighted by atomic mass is 10.00. The Morgan fingerprint density at radius 3 is 2.77 bits per heavy atom. The maximum absolute atomic E-state index is 14.7. The maximum atomic E-state index is 14.7. The molecule has 1 aromatic carbocycles. The second-order valence-electron chi connectivity index (χ2n) is 8.54. The van der Waals surface area contributed by atoms with Gasteiger partial charge in [0, 0.05) is 19.6 Å². The highest BCUT2D eigenvalue weighted by Gasteiger charge is 2.20. The molecule has 2 N–H and O–H groups in total. The van der Waals surface area contributed by atoms with E-state index in [0.717, 1.165) is 31.9 Å². The van der Waals surface area contributed by atoms with E-state index < -0.39 is 5.83 Å². The van der Waals surface area contributed by atoms with Gasteiger partial charge < -0.3 is 15.4 Å². The molecule has 35 heavy (non-hydrogen) atoms. The fourth-order valence-corrected chi connectivity index (χ4v) is 4.09. The number of nitrogens with zero attached hydrogens (tertiary/aromatic N) is 3. The Morgan fingerprint density at radius 2 is 2.11 bits per heavy atom. The highest BCUT2D eigenvalue weighted by molar-refractivity contribution is 5.79. The van der Waals surface area contributed by atoms with Crippen LogP contribution in [-0.4, -0.2) is 35.8 Å². The third-order valence-corrected chi connectivity index (χ3v) is 6.14. The number of nitrogens with one attached hydrogen (secondary N) is 2. The summed E-state index contributed by atoms with van der Waals surface area (Å²) in [5.74, 6) is 0.315. The lowest BCUT2D eigenvalue weighted by Gasteiger charge is -2.20. The predicted octanol–water partition coefficient (Wildman–Crippen LogP) is 4.74. The molecule has 2 heterocycles. The van der Waals surface area contributed by atoms with Crippen LogP contribution in [0, 0.1) is 11.3 Å². The maximum Gasteiger partial charge on any atom is 0.263 e. The Labute approximate surface area is 205 Å². The van der Waals surface area contributed by atoms with Crippen LogP contribution in [-0.2, 0) is 7.05 Å². The van der Waals surface area contributed by atoms with Gasteiger partial charge in [0.05, 0.1) is 23.9 Å². The fourth-order valence-electron chi connectivity index (χ4n) is 4.09. The topological polar surface area (TPSA) is 92.0 Å². The van der Waals surface area contributed by atoms with Crippen molar-refractivity contribution in [3.8, 4) is 22.9 Å². The second kappa shape index (κ2) is 12.1. The van der Waals surface area contributed by atoms with Crippen LogP contribution in [0.3, 0.4) is 0 Å². The quantitative estimate of drug-likeness (QED) is 0.422. The standard InChI is InChI=1S/C27H32FN5O2/c1-5-19(16-29)23(28)15-18(2)25-24(20-10-12-22(35-4)13-11-20)26(34)33(3)27(32-25)31-17-21-9-7-6-8-14-30-21/h5,10-13,15,21,30H,1,6-9,14,17H2,2-4H3,(H,31,32)/b18-15+,23-19-. The number of benzene rings is 1. The smallest absolute Gasteiger partial charge is 0.263 e. The first kappa shape index (κ1) is 25.9. The SMILES string of the molecule is C=C/C(C#N)=C(F)\C=C(/C)c1nc(NCC2CCCCCN2)n(C)c(=O)c1-c1ccc(OC)cc1. The van der Waals surface area contributed by atoms with Crippen LogP contribution in [0.25, 0.3) is 16.7 Å². The fraction of sp³-hybridized carbons (Fsp3) is 0.370. The van der Waals surface area contributed by atoms with E-state index >= 15 is 0 Å². The van der Waals surface area contributed by atoms with Crippen LogP contribution in [0.1, 0.15) is 38.3 Å². The molecule has 1 fully saturated rings. The van der Waals surface area contributed by atoms with Crippen molar-refractivity contribution in [3.63, 3.8) is 0 Å². The van der Waals surface area contributed by atoms with E-state index in [9.17, 15) is 9.18 Å². The number of aromatic nitrogens is 2. The molecule has 2 aromatic rings. The van der Waals surface area contributed by atoms with Crippen molar-refractivity contribution >= 4 is 11.5 Å². The molecule has 0 bridgehead atoms. The van der Waals surface area contributed by atoms with E-state index in [2.05, 4.69) is 17.2 Å². The Morgan fingerprint density at radius 1 is 1.37 bits per heavy atom. The molecule has 1 saturated heterocycles. The molecule has 1 aromatic heterocycles. The number of hydrogen-bond donors (Lipinski definition) is 2. The van der Waals surface area contributed by atoms with Gasteiger partial charge in [0.1, 0.15) is 17.6 Å². The first-order valence-electron chi connectivity index (χ1n) is 11.7. The van der Waals surface area contributed by atoms with Crippen molar-refractivity contribution in [1.82, 2.24) is 14.9 Å². The highest BCUT2D eigenvalue weighted by Crippen LogP contribution is 2.28. The Balaban J connectivity index is 2.10. The number of halogens is 1. The summed E-state index contributed by atoms with van der Waals surface area (Å²) in [6.45, 7) is 6.74. The summed E-state index contributed by atoms with van der Waals surface area (Å²) in [5, 5.41) is 16.0. The van der Waals surface area contributed by atoms with Crippen LogP contribution in [0.15, 0.2) is 59.2 Å². The number of anilines is 1. The Kier molecular flexibility index (Phi) is 8.98. The molecule has 7 nitrogen and oxygen atoms in total. The summed E-state index contributed by atoms with van der Waals surface area (Å²) < 4.78 is 21.4. The Bertz CT molecular complexity index is 1210. The molecule has 0 radical (unpaired) electrons. The van der Waals surface area contributed by atoms with E-state index in [4.69, 9.17) is 15.0 Å². The van der Waals surface area contributed by atoms with Crippen molar-refractivity contribution in [3.05, 3.63) is 70.4 Å². The van der Waals surface area contributed by atoms with Crippen molar-refractivity contribution in [2.75, 3.05) is 25.5 Å². The first-order chi connectivity index (χ1) is 16.9. The average Bonchev–Trinajstić information content (AvgIpc) is 3.14. The normalized spacial score (nSPS) is 17.1. The average molecular weight is 478 g/mol. The number of methoxy groups -OCH3 is 1. The lowest BCUT2D eigenvalue weighted by molar-refractivity contribution is 0.415. The number of ether oxygens (including phenoxy) is 1. The van der Waals surface area contributed by atoms with Gasteiger partial charge in [0.25, 0.3) is 5.56 Å². The molecule has 1 unspecified atom stereocenters. The van der Waals surface area contributed by atoms with E-state index in [1.807, 2.05) is 0 Å². The van der Waals surface area contributed by atoms with Gasteiger partial charge in [-0.15, -0.1) is 0 Å². The number of nitriles is 1. The molecule has 0 spiro atoms. The van der Waals surface area contributed by atoms with Gasteiger partial charge in [-0.25, -0.2) is 9.37 Å². The minimum atomic E-state index is -0.736. The molecular formula is C27H32FN5O2. The van der Waals surface area contributed by atoms with Crippen LogP contribution >= 0.6 is 0 Å². The first-order valence-corrected chi connectivity index (χ1v) is 11.7. The number of allylic oxidation sites excluding steroid dienone is 5. The molecular weight excluding hydrogens is 445 g/mol. The minimum Gasteiger partial charge on any atom is -0.497 e. The summed E-state index contributed by atoms with van der Waals surface area (Å²) in [6.07, 6.45) is 6.95. The molecule has 8 heteroatoms. The summed E-state index contributed by atoms with van der Waals surface area (Å²) in [6, 6.07) is 9.12. The van der Waals surface area contributed by atoms with Gasteiger partial charge in [-0.1, -0.05) is 31.6 Å². The largest absolute Gasteiger partial charge is 0.497 e. The predicted molar refractivity (Wildman–Crippen MR) is 138 cm³/mol. The van der Waals surface area contributed by atoms with E-state index in [-0.39, 0.29) is 17.2 Å². The van der Waals surface area contributed by atoms with Gasteiger partial charge in [0.2, 0.25) is 5.95 Å². The molecule has 0 amide bonds. The van der Waals surface area contributed by atoms with E-state index in [1.165, 1.54) is 17.1 Å². The molecule has 0 saturated carbocycles. The van der Waals surface area contributed by atoms with Gasteiger partial charge in [0.15, 0.2) is 0 Å². The van der Waals surface area contributed by atoms with Crippen molar-refractivity contribution in [1.29, 1.82) is 5.26 Å². The molecule has 184 valence electrons. The molecule has 1 atom stereocenters. The van der Waals surface area contributed by atoms with Gasteiger partial charge >= 0.3 is 0 Å². The van der Waals surface area contributed by atoms with Crippen LogP contribution in [0.4, 0.5) is 10.3 Å². The lowest BCUT2D eigenvalue weighted by Crippen LogP contribution is -2.36. The van der Waals surface area contributed by atoms with E-state index in [0.29, 0.717) is 40.6 Å². The van der Waals surface area contributed by atoms with Gasteiger partial charge in [-0.05, 0) is 61.7 Å². The van der Waals surface area contributed by atoms with Crippen LogP contribution in [0.2, 0.25) is 0 Å². The number of rotatable bonds is 8. The van der Waals surface area contributed by atoms with E-state index in [1.54, 1.807) is 51.4 Å². The zero-order chi connectivity index (χ0) is 25.4. The van der Waals surface area contributed by atoms with Gasteiger partial charge in [-0.3, -0.25) is 9.36 Å². The molecule has 3 rings (SSSR count). The van der Waals surface area contributed by atoms with Crippen LogP contribution < -0.4 is 20.9 Å². The van der Waals surface area contributed by atoms with Crippen molar-refractivity contribution in [2.45, 2.75) is 38.6 Å². The van der Waals surface area contributed by atoms with Crippen molar-refractivity contribution < 1.29 is 9.13 Å². The third-order valence-electron chi connectivity index (χ3n) is 6.14. The number of hydrogen-bond acceptors (Lipinski definition) is 6. The van der Waals surface area contributed by atoms with Crippen molar-refractivity contribution in [2.24, 2.45) is 7.05 Å². The van der Waals surface area contributed by atoms with Gasteiger partial charge in [-0.2, -0.15) is 5.26 Å². The molecule has 0 aliphatic carbocycles. The molecule has 1 aliphatic heterocycles. The minimum absolute atomic E-state index is 0.183. The van der Waals surface area contributed by atoms with Crippen LogP contribution in [0.5, 0.6) is 5.75 Å². The summed E-state index contributed by atoms with van der Waals surface area (Å²) in [7, 11) is 3.24. The summed E-state index contributed by atoms with van der Waals surface area (Å²) in [4.78, 5) is 18.3. The highest BCUT2D eigenvalue weighted by atomic mass is 19.1.